The van der Waals surface area contributed by atoms with Crippen molar-refractivity contribution in [2.24, 2.45) is 5.73 Å². The van der Waals surface area contributed by atoms with Crippen LogP contribution < -0.4 is 5.73 Å². The molecule has 0 unspecified atom stereocenters. The second-order valence-corrected chi connectivity index (χ2v) is 3.64. The van der Waals surface area contributed by atoms with Crippen LogP contribution in [-0.4, -0.2) is 28.2 Å². The van der Waals surface area contributed by atoms with Crippen molar-refractivity contribution < 1.29 is 9.53 Å². The van der Waals surface area contributed by atoms with Crippen LogP contribution in [0, 0.1) is 12.3 Å². The number of rotatable bonds is 2. The Morgan fingerprint density at radius 2 is 2.19 bits per heavy atom. The Morgan fingerprint density at radius 3 is 2.69 bits per heavy atom. The highest BCUT2D eigenvalue weighted by atomic mass is 79.9. The van der Waals surface area contributed by atoms with E-state index in [2.05, 4.69) is 14.7 Å². The van der Waals surface area contributed by atoms with E-state index in [0.717, 1.165) is 11.8 Å². The van der Waals surface area contributed by atoms with Gasteiger partial charge in [0, 0.05) is 5.69 Å². The van der Waals surface area contributed by atoms with Gasteiger partial charge in [-0.2, -0.15) is 0 Å². The number of aryl methyl sites for hydroxylation is 1. The number of methoxy groups -OCH3 is 1. The highest BCUT2D eigenvalue weighted by molar-refractivity contribution is 8.93. The molecule has 1 aromatic heterocycles. The maximum absolute atomic E-state index is 11.2. The standard InChI is InChI=1S/C8H10N4O2S.BrH/c1-4-3-5(6(13)14-2)12-8(11-4)15-7(9)10;/h3H,1-2H3,(H3,9,10);1H. The normalized spacial score (nSPS) is 9.12. The van der Waals surface area contributed by atoms with Crippen molar-refractivity contribution in [3.05, 3.63) is 17.5 Å². The average Bonchev–Trinajstić information content (AvgIpc) is 2.14. The number of halogens is 1. The maximum Gasteiger partial charge on any atom is 0.356 e. The van der Waals surface area contributed by atoms with Crippen molar-refractivity contribution in [3.63, 3.8) is 0 Å². The summed E-state index contributed by atoms with van der Waals surface area (Å²) in [4.78, 5) is 19.1. The van der Waals surface area contributed by atoms with Crippen molar-refractivity contribution in [1.82, 2.24) is 9.97 Å². The summed E-state index contributed by atoms with van der Waals surface area (Å²) in [6, 6.07) is 1.51. The zero-order chi connectivity index (χ0) is 11.4. The fraction of sp³-hybridized carbons (Fsp3) is 0.250. The molecule has 6 nitrogen and oxygen atoms in total. The number of esters is 1. The van der Waals surface area contributed by atoms with E-state index in [1.165, 1.54) is 13.2 Å². The number of aromatic nitrogens is 2. The minimum atomic E-state index is -0.536. The van der Waals surface area contributed by atoms with Crippen LogP contribution in [0.15, 0.2) is 11.2 Å². The van der Waals surface area contributed by atoms with Gasteiger partial charge in [-0.3, -0.25) is 5.41 Å². The minimum absolute atomic E-state index is 0. The van der Waals surface area contributed by atoms with Crippen molar-refractivity contribution in [2.45, 2.75) is 12.1 Å². The lowest BCUT2D eigenvalue weighted by molar-refractivity contribution is 0.0592. The number of ether oxygens (including phenoxy) is 1. The van der Waals surface area contributed by atoms with Gasteiger partial charge in [-0.15, -0.1) is 17.0 Å². The molecule has 1 aromatic rings. The van der Waals surface area contributed by atoms with Crippen LogP contribution in [0.1, 0.15) is 16.2 Å². The lowest BCUT2D eigenvalue weighted by Gasteiger charge is -2.02. The molecule has 1 heterocycles. The molecule has 0 aliphatic heterocycles. The Kier molecular flexibility index (Phi) is 5.97. The van der Waals surface area contributed by atoms with Crippen LogP contribution in [0.5, 0.6) is 0 Å². The molecule has 0 saturated heterocycles. The molecule has 0 aromatic carbocycles. The van der Waals surface area contributed by atoms with Crippen molar-refractivity contribution in [3.8, 4) is 0 Å². The summed E-state index contributed by atoms with van der Waals surface area (Å²) in [5.74, 6) is -0.536. The Hall–Kier alpha value is -1.15. The summed E-state index contributed by atoms with van der Waals surface area (Å²) >= 11 is 0.886. The number of carbonyl (C=O) groups is 1. The van der Waals surface area contributed by atoms with Crippen LogP contribution in [0.3, 0.4) is 0 Å². The van der Waals surface area contributed by atoms with E-state index in [0.29, 0.717) is 5.69 Å². The largest absolute Gasteiger partial charge is 0.464 e. The molecule has 0 saturated carbocycles. The molecule has 0 atom stereocenters. The minimum Gasteiger partial charge on any atom is -0.464 e. The molecule has 0 aliphatic rings. The van der Waals surface area contributed by atoms with E-state index in [1.54, 1.807) is 6.92 Å². The molecule has 0 amide bonds. The summed E-state index contributed by atoms with van der Waals surface area (Å²) in [6.07, 6.45) is 0. The first-order chi connectivity index (χ1) is 7.02. The molecular weight excluding hydrogens is 296 g/mol. The number of hydrogen-bond acceptors (Lipinski definition) is 6. The lowest BCUT2D eigenvalue weighted by Crippen LogP contribution is -2.09. The third-order valence-corrected chi connectivity index (χ3v) is 2.01. The Morgan fingerprint density at radius 1 is 1.56 bits per heavy atom. The lowest BCUT2D eigenvalue weighted by atomic mass is 10.3. The van der Waals surface area contributed by atoms with Gasteiger partial charge < -0.3 is 10.5 Å². The summed E-state index contributed by atoms with van der Waals surface area (Å²) in [5, 5.41) is 7.21. The van der Waals surface area contributed by atoms with Gasteiger partial charge in [0.15, 0.2) is 16.0 Å². The quantitative estimate of drug-likeness (QED) is 0.279. The third kappa shape index (κ3) is 4.15. The second kappa shape index (κ2) is 6.44. The van der Waals surface area contributed by atoms with E-state index < -0.39 is 5.97 Å². The van der Waals surface area contributed by atoms with Gasteiger partial charge in [-0.25, -0.2) is 14.8 Å². The van der Waals surface area contributed by atoms with Crippen LogP contribution in [0.4, 0.5) is 0 Å². The van der Waals surface area contributed by atoms with Crippen LogP contribution in [-0.2, 0) is 4.74 Å². The molecule has 0 fully saturated rings. The second-order valence-electron chi connectivity index (χ2n) is 2.64. The maximum atomic E-state index is 11.2. The fourth-order valence-electron chi connectivity index (χ4n) is 0.894. The zero-order valence-electron chi connectivity index (χ0n) is 8.68. The molecule has 88 valence electrons. The molecular formula is C8H11BrN4O2S. The number of nitrogens with two attached hydrogens (primary N) is 1. The zero-order valence-corrected chi connectivity index (χ0v) is 11.2. The van der Waals surface area contributed by atoms with Gasteiger partial charge in [-0.1, -0.05) is 0 Å². The first-order valence-corrected chi connectivity index (χ1v) is 4.80. The fourth-order valence-corrected chi connectivity index (χ4v) is 1.42. The van der Waals surface area contributed by atoms with E-state index in [1.807, 2.05) is 0 Å². The van der Waals surface area contributed by atoms with Crippen molar-refractivity contribution in [2.75, 3.05) is 7.11 Å². The van der Waals surface area contributed by atoms with E-state index >= 15 is 0 Å². The van der Waals surface area contributed by atoms with Gasteiger partial charge in [-0.05, 0) is 24.8 Å². The van der Waals surface area contributed by atoms with E-state index in [4.69, 9.17) is 11.1 Å². The Balaban J connectivity index is 0.00000225. The highest BCUT2D eigenvalue weighted by Gasteiger charge is 2.11. The average molecular weight is 307 g/mol. The summed E-state index contributed by atoms with van der Waals surface area (Å²) in [6.45, 7) is 1.72. The van der Waals surface area contributed by atoms with Crippen LogP contribution in [0.25, 0.3) is 0 Å². The predicted molar refractivity (Wildman–Crippen MR) is 66.2 cm³/mol. The van der Waals surface area contributed by atoms with E-state index in [9.17, 15) is 4.79 Å². The van der Waals surface area contributed by atoms with Gasteiger partial charge >= 0.3 is 5.97 Å². The number of hydrogen-bond donors (Lipinski definition) is 2. The number of carbonyl (C=O) groups excluding carboxylic acids is 1. The molecule has 16 heavy (non-hydrogen) atoms. The van der Waals surface area contributed by atoms with E-state index in [-0.39, 0.29) is 33.0 Å². The third-order valence-electron chi connectivity index (χ3n) is 1.43. The molecule has 8 heteroatoms. The first-order valence-electron chi connectivity index (χ1n) is 3.99. The van der Waals surface area contributed by atoms with Gasteiger partial charge in [0.05, 0.1) is 7.11 Å². The summed E-state index contributed by atoms with van der Waals surface area (Å²) in [5.41, 5.74) is 5.96. The molecule has 3 N–H and O–H groups in total. The molecule has 0 bridgehead atoms. The number of nitrogens with zero attached hydrogens (tertiary/aromatic N) is 2. The van der Waals surface area contributed by atoms with Crippen LogP contribution >= 0.6 is 28.7 Å². The van der Waals surface area contributed by atoms with Crippen LogP contribution in [0.2, 0.25) is 0 Å². The number of amidine groups is 1. The monoisotopic (exact) mass is 306 g/mol. The van der Waals surface area contributed by atoms with Gasteiger partial charge in [0.2, 0.25) is 0 Å². The van der Waals surface area contributed by atoms with Crippen molar-refractivity contribution in [1.29, 1.82) is 5.41 Å². The summed E-state index contributed by atoms with van der Waals surface area (Å²) in [7, 11) is 1.28. The predicted octanol–water partition coefficient (Wildman–Crippen LogP) is 1.14. The van der Waals surface area contributed by atoms with Gasteiger partial charge in [0.1, 0.15) is 0 Å². The first kappa shape index (κ1) is 14.8. The Labute approximate surface area is 107 Å². The SMILES string of the molecule is Br.COC(=O)c1cc(C)nc(SC(=N)N)n1. The Bertz CT molecular complexity index is 413. The summed E-state index contributed by atoms with van der Waals surface area (Å²) < 4.78 is 4.53. The smallest absolute Gasteiger partial charge is 0.356 e. The topological polar surface area (TPSA) is 102 Å². The molecule has 1 rings (SSSR count). The number of thioether (sulfide) groups is 1. The highest BCUT2D eigenvalue weighted by Crippen LogP contribution is 2.13. The number of nitrogens with one attached hydrogen (secondary N) is 1. The molecule has 0 spiro atoms. The molecule has 0 radical (unpaired) electrons. The van der Waals surface area contributed by atoms with Crippen molar-refractivity contribution >= 4 is 39.9 Å². The molecule has 0 aliphatic carbocycles. The van der Waals surface area contributed by atoms with Gasteiger partial charge in [0.25, 0.3) is 0 Å².